The van der Waals surface area contributed by atoms with Gasteiger partial charge >= 0.3 is 0 Å². The lowest BCUT2D eigenvalue weighted by molar-refractivity contribution is 0.169. The van der Waals surface area contributed by atoms with Crippen LogP contribution in [-0.2, 0) is 5.41 Å². The molecule has 0 amide bonds. The van der Waals surface area contributed by atoms with Gasteiger partial charge in [-0.15, -0.1) is 22.7 Å². The minimum atomic E-state index is 0.0579. The Hall–Kier alpha value is -1.40. The summed E-state index contributed by atoms with van der Waals surface area (Å²) in [7, 11) is 0. The van der Waals surface area contributed by atoms with E-state index in [1.54, 1.807) is 22.7 Å². The number of hydrogen-bond acceptors (Lipinski definition) is 6. The molecule has 0 fully saturated rings. The van der Waals surface area contributed by atoms with Gasteiger partial charge in [0.05, 0.1) is 14.6 Å². The SMILES string of the molecule is CCC(C)(C)c1sc(-c2scc3c2OCCO3)c2c1OCCO2. The largest absolute Gasteiger partial charge is 0.485 e. The van der Waals surface area contributed by atoms with Crippen molar-refractivity contribution in [3.05, 3.63) is 10.3 Å². The van der Waals surface area contributed by atoms with Crippen LogP contribution >= 0.6 is 22.7 Å². The normalized spacial score (nSPS) is 16.5. The van der Waals surface area contributed by atoms with Gasteiger partial charge < -0.3 is 18.9 Å². The summed E-state index contributed by atoms with van der Waals surface area (Å²) in [5.41, 5.74) is 0.0579. The van der Waals surface area contributed by atoms with E-state index in [4.69, 9.17) is 18.9 Å². The molecule has 4 nitrogen and oxygen atoms in total. The summed E-state index contributed by atoms with van der Waals surface area (Å²) < 4.78 is 23.5. The molecule has 0 bridgehead atoms. The Morgan fingerprint density at radius 1 is 0.913 bits per heavy atom. The highest BCUT2D eigenvalue weighted by Crippen LogP contribution is 2.58. The summed E-state index contributed by atoms with van der Waals surface area (Å²) in [6.07, 6.45) is 1.05. The molecule has 0 N–H and O–H groups in total. The predicted molar refractivity (Wildman–Crippen MR) is 92.9 cm³/mol. The maximum absolute atomic E-state index is 5.99. The molecule has 0 atom stereocenters. The van der Waals surface area contributed by atoms with Crippen molar-refractivity contribution in [1.29, 1.82) is 0 Å². The van der Waals surface area contributed by atoms with E-state index in [-0.39, 0.29) is 5.41 Å². The molecule has 0 saturated carbocycles. The van der Waals surface area contributed by atoms with Crippen molar-refractivity contribution in [3.8, 4) is 32.8 Å². The number of fused-ring (bicyclic) bond motifs is 2. The molecule has 2 aromatic rings. The van der Waals surface area contributed by atoms with Crippen molar-refractivity contribution in [2.75, 3.05) is 26.4 Å². The first kappa shape index (κ1) is 15.1. The summed E-state index contributed by atoms with van der Waals surface area (Å²) in [5.74, 6) is 3.48. The highest BCUT2D eigenvalue weighted by Gasteiger charge is 2.35. The second kappa shape index (κ2) is 5.60. The molecule has 124 valence electrons. The highest BCUT2D eigenvalue weighted by molar-refractivity contribution is 7.22. The minimum Gasteiger partial charge on any atom is -0.485 e. The van der Waals surface area contributed by atoms with Crippen molar-refractivity contribution in [2.24, 2.45) is 0 Å². The number of rotatable bonds is 3. The third kappa shape index (κ3) is 2.39. The molecule has 0 radical (unpaired) electrons. The van der Waals surface area contributed by atoms with Crippen LogP contribution in [0.2, 0.25) is 0 Å². The van der Waals surface area contributed by atoms with Crippen LogP contribution in [0.4, 0.5) is 0 Å². The zero-order valence-corrected chi connectivity index (χ0v) is 15.2. The van der Waals surface area contributed by atoms with E-state index < -0.39 is 0 Å². The fraction of sp³-hybridized carbons (Fsp3) is 0.529. The van der Waals surface area contributed by atoms with E-state index >= 15 is 0 Å². The lowest BCUT2D eigenvalue weighted by atomic mass is 9.88. The van der Waals surface area contributed by atoms with Gasteiger partial charge in [-0.2, -0.15) is 0 Å². The number of thiophene rings is 2. The summed E-state index contributed by atoms with van der Waals surface area (Å²) in [5, 5.41) is 2.02. The lowest BCUT2D eigenvalue weighted by Gasteiger charge is -2.24. The molecule has 6 heteroatoms. The van der Waals surface area contributed by atoms with Gasteiger partial charge in [-0.05, 0) is 6.42 Å². The Labute approximate surface area is 143 Å². The average molecular weight is 352 g/mol. The first-order chi connectivity index (χ1) is 11.1. The van der Waals surface area contributed by atoms with Gasteiger partial charge in [0.1, 0.15) is 26.4 Å². The molecule has 0 unspecified atom stereocenters. The lowest BCUT2D eigenvalue weighted by Crippen LogP contribution is -2.19. The van der Waals surface area contributed by atoms with Gasteiger partial charge in [0, 0.05) is 10.8 Å². The van der Waals surface area contributed by atoms with Crippen molar-refractivity contribution >= 4 is 22.7 Å². The summed E-state index contributed by atoms with van der Waals surface area (Å²) in [6, 6.07) is 0. The van der Waals surface area contributed by atoms with Gasteiger partial charge in [0.15, 0.2) is 23.0 Å². The Kier molecular flexibility index (Phi) is 3.69. The molecule has 4 heterocycles. The first-order valence-corrected chi connectivity index (χ1v) is 9.61. The Bertz CT molecular complexity index is 729. The number of ether oxygens (including phenoxy) is 4. The van der Waals surface area contributed by atoms with Gasteiger partial charge in [-0.3, -0.25) is 0 Å². The Morgan fingerprint density at radius 2 is 1.57 bits per heavy atom. The standard InChI is InChI=1S/C17H20O4S2/c1-4-17(2,3)16-13-12(20-7-8-21-13)15(23-16)14-11-10(9-22-14)18-5-6-19-11/h9H,4-8H2,1-3H3. The Balaban J connectivity index is 1.88. The first-order valence-electron chi connectivity index (χ1n) is 7.92. The minimum absolute atomic E-state index is 0.0579. The Morgan fingerprint density at radius 3 is 2.30 bits per heavy atom. The van der Waals surface area contributed by atoms with E-state index in [2.05, 4.69) is 20.8 Å². The van der Waals surface area contributed by atoms with E-state index in [9.17, 15) is 0 Å². The number of hydrogen-bond donors (Lipinski definition) is 0. The second-order valence-corrected chi connectivity index (χ2v) is 8.21. The summed E-state index contributed by atoms with van der Waals surface area (Å²) >= 11 is 3.41. The van der Waals surface area contributed by atoms with Crippen LogP contribution in [0.15, 0.2) is 5.38 Å². The second-order valence-electron chi connectivity index (χ2n) is 6.31. The van der Waals surface area contributed by atoms with Crippen LogP contribution in [0.3, 0.4) is 0 Å². The molecule has 2 aliphatic rings. The van der Waals surface area contributed by atoms with Crippen LogP contribution in [-0.4, -0.2) is 26.4 Å². The van der Waals surface area contributed by atoms with E-state index in [0.717, 1.165) is 39.2 Å². The maximum atomic E-state index is 5.99. The highest BCUT2D eigenvalue weighted by atomic mass is 32.1. The predicted octanol–water partition coefficient (Wildman–Crippen LogP) is 4.71. The van der Waals surface area contributed by atoms with Gasteiger partial charge in [0.2, 0.25) is 0 Å². The zero-order valence-electron chi connectivity index (χ0n) is 13.6. The molecule has 4 rings (SSSR count). The molecular weight excluding hydrogens is 332 g/mol. The van der Waals surface area contributed by atoms with Gasteiger partial charge in [-0.25, -0.2) is 0 Å². The summed E-state index contributed by atoms with van der Waals surface area (Å²) in [4.78, 5) is 3.45. The topological polar surface area (TPSA) is 36.9 Å². The fourth-order valence-corrected chi connectivity index (χ4v) is 5.16. The van der Waals surface area contributed by atoms with E-state index in [1.807, 2.05) is 5.38 Å². The van der Waals surface area contributed by atoms with Gasteiger partial charge in [-0.1, -0.05) is 20.8 Å². The zero-order chi connectivity index (χ0) is 16.0. The molecule has 23 heavy (non-hydrogen) atoms. The quantitative estimate of drug-likeness (QED) is 0.802. The molecule has 2 aromatic heterocycles. The molecule has 0 aromatic carbocycles. The average Bonchev–Trinajstić information content (AvgIpc) is 3.16. The molecule has 0 aliphatic carbocycles. The smallest absolute Gasteiger partial charge is 0.181 e. The van der Waals surface area contributed by atoms with Crippen LogP contribution in [0, 0.1) is 0 Å². The fourth-order valence-electron chi connectivity index (χ4n) is 2.73. The third-order valence-electron chi connectivity index (χ3n) is 4.40. The van der Waals surface area contributed by atoms with Crippen LogP contribution in [0.1, 0.15) is 32.1 Å². The van der Waals surface area contributed by atoms with Crippen molar-refractivity contribution in [1.82, 2.24) is 0 Å². The van der Waals surface area contributed by atoms with Crippen molar-refractivity contribution in [2.45, 2.75) is 32.6 Å². The van der Waals surface area contributed by atoms with Crippen molar-refractivity contribution in [3.63, 3.8) is 0 Å². The molecule has 2 aliphatic heterocycles. The van der Waals surface area contributed by atoms with E-state index in [0.29, 0.717) is 26.4 Å². The third-order valence-corrected chi connectivity index (χ3v) is 7.03. The van der Waals surface area contributed by atoms with E-state index in [1.165, 1.54) is 4.88 Å². The van der Waals surface area contributed by atoms with Crippen LogP contribution < -0.4 is 18.9 Å². The molecule has 0 saturated heterocycles. The van der Waals surface area contributed by atoms with Gasteiger partial charge in [0.25, 0.3) is 0 Å². The van der Waals surface area contributed by atoms with Crippen LogP contribution in [0.5, 0.6) is 23.0 Å². The molecule has 0 spiro atoms. The summed E-state index contributed by atoms with van der Waals surface area (Å²) in [6.45, 7) is 9.12. The maximum Gasteiger partial charge on any atom is 0.181 e. The van der Waals surface area contributed by atoms with Crippen molar-refractivity contribution < 1.29 is 18.9 Å². The monoisotopic (exact) mass is 352 g/mol. The molecular formula is C17H20O4S2. The van der Waals surface area contributed by atoms with Crippen LogP contribution in [0.25, 0.3) is 9.75 Å².